The maximum Gasteiger partial charge on any atom is 0.472 e. The number of nitrogens with two attached hydrogens (primary N) is 1. The second kappa shape index (κ2) is 41.7. The summed E-state index contributed by atoms with van der Waals surface area (Å²) in [5.74, 6) is 0. The van der Waals surface area contributed by atoms with Crippen LogP contribution in [0, 0.1) is 0 Å². The summed E-state index contributed by atoms with van der Waals surface area (Å²) in [6, 6.07) is 0. The minimum atomic E-state index is -4.16. The van der Waals surface area contributed by atoms with Gasteiger partial charge in [-0.3, -0.25) is 9.05 Å². The highest BCUT2D eigenvalue weighted by molar-refractivity contribution is 7.47. The van der Waals surface area contributed by atoms with Crippen LogP contribution in [0.1, 0.15) is 181 Å². The number of unbranched alkanes of at least 4 members (excludes halogenated alkanes) is 20. The number of phosphoric ester groups is 1. The van der Waals surface area contributed by atoms with Crippen molar-refractivity contribution in [2.75, 3.05) is 39.6 Å². The highest BCUT2D eigenvalue weighted by Gasteiger charge is 2.23. The predicted octanol–water partition coefficient (Wildman–Crippen LogP) is 12.9. The fourth-order valence-corrected chi connectivity index (χ4v) is 6.43. The molecule has 2 atom stereocenters. The molecular formula is C43H82NO6P. The van der Waals surface area contributed by atoms with Crippen molar-refractivity contribution >= 4 is 7.82 Å². The molecule has 0 fully saturated rings. The van der Waals surface area contributed by atoms with Gasteiger partial charge in [0.15, 0.2) is 0 Å². The Hall–Kier alpha value is -1.05. The first-order valence-electron chi connectivity index (χ1n) is 21.2. The third-order valence-corrected chi connectivity index (χ3v) is 9.80. The molecule has 0 amide bonds. The Morgan fingerprint density at radius 1 is 0.510 bits per heavy atom. The van der Waals surface area contributed by atoms with Crippen LogP contribution in [0.2, 0.25) is 0 Å². The lowest BCUT2D eigenvalue weighted by Gasteiger charge is -2.20. The van der Waals surface area contributed by atoms with Gasteiger partial charge in [-0.05, 0) is 57.8 Å². The Morgan fingerprint density at radius 2 is 0.922 bits per heavy atom. The SMILES string of the molecule is CCCCC/C=C\C/C=C\C/C=C\C/C=C\CCCCO[C@H](COCCCCCCCCCCCCCCCCCC)COP(=O)(O)OCCN. The zero-order chi connectivity index (χ0) is 37.2. The van der Waals surface area contributed by atoms with E-state index in [9.17, 15) is 9.46 Å². The van der Waals surface area contributed by atoms with Gasteiger partial charge in [0, 0.05) is 19.8 Å². The average Bonchev–Trinajstić information content (AvgIpc) is 3.13. The van der Waals surface area contributed by atoms with Crippen molar-refractivity contribution in [1.29, 1.82) is 0 Å². The molecule has 7 nitrogen and oxygen atoms in total. The summed E-state index contributed by atoms with van der Waals surface area (Å²) in [5.41, 5.74) is 5.39. The second-order valence-corrected chi connectivity index (χ2v) is 15.3. The molecule has 0 aliphatic carbocycles. The number of hydrogen-bond donors (Lipinski definition) is 2. The van der Waals surface area contributed by atoms with E-state index in [0.717, 1.165) is 51.4 Å². The number of ether oxygens (including phenoxy) is 2. The normalized spacial score (nSPS) is 14.2. The largest absolute Gasteiger partial charge is 0.472 e. The van der Waals surface area contributed by atoms with Crippen molar-refractivity contribution in [3.05, 3.63) is 48.6 Å². The van der Waals surface area contributed by atoms with Gasteiger partial charge in [-0.1, -0.05) is 172 Å². The molecular weight excluding hydrogens is 657 g/mol. The molecule has 1 unspecified atom stereocenters. The van der Waals surface area contributed by atoms with E-state index < -0.39 is 13.9 Å². The lowest BCUT2D eigenvalue weighted by molar-refractivity contribution is -0.0441. The van der Waals surface area contributed by atoms with Gasteiger partial charge in [-0.2, -0.15) is 0 Å². The fourth-order valence-electron chi connectivity index (χ4n) is 5.67. The first-order valence-corrected chi connectivity index (χ1v) is 22.7. The molecule has 0 saturated heterocycles. The molecule has 0 spiro atoms. The molecule has 51 heavy (non-hydrogen) atoms. The van der Waals surface area contributed by atoms with Crippen LogP contribution in [0.3, 0.4) is 0 Å². The first-order chi connectivity index (χ1) is 25.1. The molecule has 0 aromatic rings. The van der Waals surface area contributed by atoms with Gasteiger partial charge in [0.2, 0.25) is 0 Å². The van der Waals surface area contributed by atoms with Crippen molar-refractivity contribution < 1.29 is 28.0 Å². The highest BCUT2D eigenvalue weighted by Crippen LogP contribution is 2.43. The molecule has 0 aliphatic rings. The molecule has 0 saturated carbocycles. The topological polar surface area (TPSA) is 100 Å². The summed E-state index contributed by atoms with van der Waals surface area (Å²) in [6.45, 7) is 6.10. The van der Waals surface area contributed by atoms with Crippen LogP contribution in [0.15, 0.2) is 48.6 Å². The van der Waals surface area contributed by atoms with Crippen LogP contribution in [0.5, 0.6) is 0 Å². The zero-order valence-electron chi connectivity index (χ0n) is 33.3. The van der Waals surface area contributed by atoms with Crippen molar-refractivity contribution in [2.45, 2.75) is 187 Å². The van der Waals surface area contributed by atoms with Gasteiger partial charge in [-0.25, -0.2) is 4.57 Å². The lowest BCUT2D eigenvalue weighted by Crippen LogP contribution is -2.26. The van der Waals surface area contributed by atoms with Crippen molar-refractivity contribution in [3.63, 3.8) is 0 Å². The Kier molecular flexibility index (Phi) is 40.8. The standard InChI is InChI=1S/C43H82NO6P/c1-3-5-7-9-11-13-15-17-19-21-22-24-26-28-30-32-34-36-39-48-43(42-50-51(45,46)49-40-37-44)41-47-38-35-33-31-29-27-25-23-20-18-16-14-12-10-8-6-4-2/h11,13,17,19,22,24,28,30,43H,3-10,12,14-16,18,20-21,23,25-27,29,31-42,44H2,1-2H3,(H,45,46)/b13-11-,19-17-,24-22-,30-28-/t43-/m1/s1. The molecule has 8 heteroatoms. The molecule has 0 aromatic heterocycles. The third kappa shape index (κ3) is 41.6. The Morgan fingerprint density at radius 3 is 1.41 bits per heavy atom. The molecule has 300 valence electrons. The van der Waals surface area contributed by atoms with Crippen molar-refractivity contribution in [2.24, 2.45) is 5.73 Å². The summed E-state index contributed by atoms with van der Waals surface area (Å²) in [4.78, 5) is 9.90. The summed E-state index contributed by atoms with van der Waals surface area (Å²) >= 11 is 0. The van der Waals surface area contributed by atoms with Crippen molar-refractivity contribution in [1.82, 2.24) is 0 Å². The van der Waals surface area contributed by atoms with E-state index in [4.69, 9.17) is 24.3 Å². The van der Waals surface area contributed by atoms with Gasteiger partial charge >= 0.3 is 7.82 Å². The maximum absolute atomic E-state index is 12.1. The molecule has 0 bridgehead atoms. The molecule has 0 radical (unpaired) electrons. The Labute approximate surface area is 315 Å². The predicted molar refractivity (Wildman–Crippen MR) is 219 cm³/mol. The van der Waals surface area contributed by atoms with Gasteiger partial charge < -0.3 is 20.1 Å². The monoisotopic (exact) mass is 740 g/mol. The smallest absolute Gasteiger partial charge is 0.379 e. The molecule has 0 aromatic carbocycles. The fraction of sp³-hybridized carbons (Fsp3) is 0.814. The van der Waals surface area contributed by atoms with Gasteiger partial charge in [0.25, 0.3) is 0 Å². The Balaban J connectivity index is 4.00. The molecule has 0 aliphatic heterocycles. The van der Waals surface area contributed by atoms with Gasteiger partial charge in [0.05, 0.1) is 19.8 Å². The summed E-state index contributed by atoms with van der Waals surface area (Å²) in [7, 11) is -4.16. The summed E-state index contributed by atoms with van der Waals surface area (Å²) in [6.07, 6.45) is 49.9. The van der Waals surface area contributed by atoms with Crippen LogP contribution in [0.25, 0.3) is 0 Å². The third-order valence-electron chi connectivity index (χ3n) is 8.82. The minimum absolute atomic E-state index is 0.0352. The van der Waals surface area contributed by atoms with E-state index in [0.29, 0.717) is 19.8 Å². The van der Waals surface area contributed by atoms with E-state index in [1.807, 2.05) is 0 Å². The summed E-state index contributed by atoms with van der Waals surface area (Å²) in [5, 5.41) is 0. The highest BCUT2D eigenvalue weighted by atomic mass is 31.2. The molecule has 0 rings (SSSR count). The van der Waals surface area contributed by atoms with E-state index in [-0.39, 0.29) is 19.8 Å². The second-order valence-electron chi connectivity index (χ2n) is 13.8. The van der Waals surface area contributed by atoms with E-state index in [2.05, 4.69) is 62.5 Å². The molecule has 0 heterocycles. The van der Waals surface area contributed by atoms with Crippen LogP contribution >= 0.6 is 7.82 Å². The van der Waals surface area contributed by atoms with Gasteiger partial charge in [-0.15, -0.1) is 0 Å². The van der Waals surface area contributed by atoms with Crippen LogP contribution in [-0.4, -0.2) is 50.6 Å². The number of allylic oxidation sites excluding steroid dienone is 8. The van der Waals surface area contributed by atoms with E-state index in [1.54, 1.807) is 0 Å². The molecule has 3 N–H and O–H groups in total. The lowest BCUT2D eigenvalue weighted by atomic mass is 10.0. The minimum Gasteiger partial charge on any atom is -0.379 e. The number of rotatable bonds is 41. The Bertz CT molecular complexity index is 861. The van der Waals surface area contributed by atoms with E-state index in [1.165, 1.54) is 116 Å². The maximum atomic E-state index is 12.1. The van der Waals surface area contributed by atoms with Crippen LogP contribution in [0.4, 0.5) is 0 Å². The van der Waals surface area contributed by atoms with Crippen LogP contribution < -0.4 is 5.73 Å². The first kappa shape index (κ1) is 49.9. The van der Waals surface area contributed by atoms with Crippen molar-refractivity contribution in [3.8, 4) is 0 Å². The number of phosphoric acid groups is 1. The average molecular weight is 740 g/mol. The quantitative estimate of drug-likeness (QED) is 0.0366. The number of hydrogen-bond acceptors (Lipinski definition) is 6. The van der Waals surface area contributed by atoms with Gasteiger partial charge in [0.1, 0.15) is 6.10 Å². The summed E-state index contributed by atoms with van der Waals surface area (Å²) < 4.78 is 34.0. The van der Waals surface area contributed by atoms with Crippen LogP contribution in [-0.2, 0) is 23.1 Å². The van der Waals surface area contributed by atoms with E-state index >= 15 is 0 Å². The zero-order valence-corrected chi connectivity index (χ0v) is 34.2.